The fourth-order valence-electron chi connectivity index (χ4n) is 0.390. The summed E-state index contributed by atoms with van der Waals surface area (Å²) < 4.78 is 20.9. The van der Waals surface area contributed by atoms with Crippen molar-refractivity contribution in [2.75, 3.05) is 12.0 Å². The van der Waals surface area contributed by atoms with Crippen LogP contribution in [0.2, 0.25) is 0 Å². The van der Waals surface area contributed by atoms with Crippen LogP contribution in [0.3, 0.4) is 0 Å². The Morgan fingerprint density at radius 1 is 1.60 bits per heavy atom. The molecule has 0 amide bonds. The second-order valence-electron chi connectivity index (χ2n) is 2.33. The molecular weight excluding hydrogens is 154 g/mol. The SMILES string of the molecule is CC(N)C(=O)CS(C)(=O)=O. The summed E-state index contributed by atoms with van der Waals surface area (Å²) in [5, 5.41) is 0. The topological polar surface area (TPSA) is 77.2 Å². The number of sulfone groups is 1. The van der Waals surface area contributed by atoms with Gasteiger partial charge in [-0.3, -0.25) is 4.79 Å². The van der Waals surface area contributed by atoms with Gasteiger partial charge in [0.25, 0.3) is 0 Å². The molecule has 0 aromatic rings. The van der Waals surface area contributed by atoms with Gasteiger partial charge in [0, 0.05) is 6.26 Å². The van der Waals surface area contributed by atoms with Crippen molar-refractivity contribution < 1.29 is 13.2 Å². The zero-order valence-corrected chi connectivity index (χ0v) is 6.81. The molecule has 0 aromatic carbocycles. The summed E-state index contributed by atoms with van der Waals surface area (Å²) in [6.07, 6.45) is 1.01. The molecular formula is C5H11NO3S. The molecule has 0 heterocycles. The zero-order chi connectivity index (χ0) is 8.36. The highest BCUT2D eigenvalue weighted by Gasteiger charge is 2.13. The van der Waals surface area contributed by atoms with Crippen LogP contribution in [0.25, 0.3) is 0 Å². The first-order valence-electron chi connectivity index (χ1n) is 2.79. The normalized spacial score (nSPS) is 14.7. The fourth-order valence-corrected chi connectivity index (χ4v) is 1.17. The van der Waals surface area contributed by atoms with Crippen molar-refractivity contribution in [3.63, 3.8) is 0 Å². The Balaban J connectivity index is 4.07. The van der Waals surface area contributed by atoms with Crippen molar-refractivity contribution in [1.82, 2.24) is 0 Å². The summed E-state index contributed by atoms with van der Waals surface area (Å²) in [6.45, 7) is 1.47. The Morgan fingerprint density at radius 3 is 2.10 bits per heavy atom. The van der Waals surface area contributed by atoms with Gasteiger partial charge in [-0.15, -0.1) is 0 Å². The van der Waals surface area contributed by atoms with Gasteiger partial charge < -0.3 is 5.73 Å². The van der Waals surface area contributed by atoms with Gasteiger partial charge in [0.1, 0.15) is 5.75 Å². The lowest BCUT2D eigenvalue weighted by molar-refractivity contribution is -0.117. The first-order chi connectivity index (χ1) is 4.33. The Labute approximate surface area is 60.3 Å². The molecule has 0 spiro atoms. The van der Waals surface area contributed by atoms with Crippen LogP contribution in [0.1, 0.15) is 6.92 Å². The predicted molar refractivity (Wildman–Crippen MR) is 38.4 cm³/mol. The third-order valence-corrected chi connectivity index (χ3v) is 1.72. The molecule has 0 aliphatic heterocycles. The standard InChI is InChI=1S/C5H11NO3S/c1-4(6)5(7)3-10(2,8)9/h4H,3,6H2,1-2H3. The Hall–Kier alpha value is -0.420. The van der Waals surface area contributed by atoms with E-state index in [-0.39, 0.29) is 0 Å². The van der Waals surface area contributed by atoms with Gasteiger partial charge in [-0.2, -0.15) is 0 Å². The van der Waals surface area contributed by atoms with Crippen molar-refractivity contribution in [2.24, 2.45) is 5.73 Å². The highest BCUT2D eigenvalue weighted by molar-refractivity contribution is 7.91. The lowest BCUT2D eigenvalue weighted by Gasteiger charge is -2.00. The largest absolute Gasteiger partial charge is 0.322 e. The molecule has 5 heteroatoms. The second-order valence-corrected chi connectivity index (χ2v) is 4.47. The lowest BCUT2D eigenvalue weighted by Crippen LogP contribution is -2.31. The van der Waals surface area contributed by atoms with Gasteiger partial charge in [0.05, 0.1) is 6.04 Å². The fraction of sp³-hybridized carbons (Fsp3) is 0.800. The minimum Gasteiger partial charge on any atom is -0.322 e. The number of nitrogens with two attached hydrogens (primary N) is 1. The van der Waals surface area contributed by atoms with E-state index in [0.717, 1.165) is 6.26 Å². The molecule has 0 rings (SSSR count). The molecule has 0 bridgehead atoms. The molecule has 0 aliphatic carbocycles. The molecule has 2 N–H and O–H groups in total. The van der Waals surface area contributed by atoms with Crippen molar-refractivity contribution in [3.05, 3.63) is 0 Å². The van der Waals surface area contributed by atoms with Crippen LogP contribution >= 0.6 is 0 Å². The molecule has 0 aliphatic rings. The van der Waals surface area contributed by atoms with E-state index in [9.17, 15) is 13.2 Å². The average molecular weight is 165 g/mol. The molecule has 0 fully saturated rings. The number of Topliss-reactive ketones (excluding diaryl/α,β-unsaturated/α-hetero) is 1. The molecule has 0 saturated heterocycles. The molecule has 0 aromatic heterocycles. The van der Waals surface area contributed by atoms with Crippen LogP contribution in [0.15, 0.2) is 0 Å². The van der Waals surface area contributed by atoms with Crippen molar-refractivity contribution in [3.8, 4) is 0 Å². The third-order valence-electron chi connectivity index (χ3n) is 0.912. The van der Waals surface area contributed by atoms with E-state index in [1.165, 1.54) is 6.92 Å². The minimum absolute atomic E-state index is 0.442. The number of rotatable bonds is 3. The number of hydrogen-bond acceptors (Lipinski definition) is 4. The van der Waals surface area contributed by atoms with Gasteiger partial charge in [0.2, 0.25) is 0 Å². The van der Waals surface area contributed by atoms with Crippen LogP contribution in [-0.4, -0.2) is 32.3 Å². The smallest absolute Gasteiger partial charge is 0.164 e. The van der Waals surface area contributed by atoms with Gasteiger partial charge >= 0.3 is 0 Å². The first kappa shape index (κ1) is 9.58. The summed E-state index contributed by atoms with van der Waals surface area (Å²) in [5.41, 5.74) is 5.13. The van der Waals surface area contributed by atoms with E-state index < -0.39 is 27.4 Å². The maximum atomic E-state index is 10.7. The van der Waals surface area contributed by atoms with Crippen molar-refractivity contribution in [1.29, 1.82) is 0 Å². The third kappa shape index (κ3) is 4.46. The molecule has 1 unspecified atom stereocenters. The molecule has 0 saturated carbocycles. The Bertz CT molecular complexity index is 217. The molecule has 1 atom stereocenters. The Kier molecular flexibility index (Phi) is 2.98. The van der Waals surface area contributed by atoms with Gasteiger partial charge in [0.15, 0.2) is 15.6 Å². The number of carbonyl (C=O) groups excluding carboxylic acids is 1. The highest BCUT2D eigenvalue weighted by Crippen LogP contribution is 1.87. The molecule has 60 valence electrons. The molecule has 4 nitrogen and oxygen atoms in total. The molecule has 10 heavy (non-hydrogen) atoms. The van der Waals surface area contributed by atoms with Crippen LogP contribution in [0.4, 0.5) is 0 Å². The summed E-state index contributed by atoms with van der Waals surface area (Å²) >= 11 is 0. The van der Waals surface area contributed by atoms with E-state index in [1.54, 1.807) is 0 Å². The average Bonchev–Trinajstić information content (AvgIpc) is 1.60. The quantitative estimate of drug-likeness (QED) is 0.578. The predicted octanol–water partition coefficient (Wildman–Crippen LogP) is -1.05. The lowest BCUT2D eigenvalue weighted by atomic mass is 10.3. The number of hydrogen-bond donors (Lipinski definition) is 1. The number of carbonyl (C=O) groups is 1. The van der Waals surface area contributed by atoms with E-state index >= 15 is 0 Å². The van der Waals surface area contributed by atoms with Crippen LogP contribution in [0, 0.1) is 0 Å². The zero-order valence-electron chi connectivity index (χ0n) is 5.99. The van der Waals surface area contributed by atoms with Crippen LogP contribution < -0.4 is 5.73 Å². The van der Waals surface area contributed by atoms with Crippen LogP contribution in [-0.2, 0) is 14.6 Å². The van der Waals surface area contributed by atoms with Gasteiger partial charge in [-0.1, -0.05) is 0 Å². The maximum Gasteiger partial charge on any atom is 0.164 e. The summed E-state index contributed by atoms with van der Waals surface area (Å²) in [6, 6.07) is -0.685. The summed E-state index contributed by atoms with van der Waals surface area (Å²) in [4.78, 5) is 10.7. The van der Waals surface area contributed by atoms with E-state index in [0.29, 0.717) is 0 Å². The summed E-state index contributed by atoms with van der Waals surface area (Å²) in [5.74, 6) is -0.896. The highest BCUT2D eigenvalue weighted by atomic mass is 32.2. The van der Waals surface area contributed by atoms with E-state index in [4.69, 9.17) is 5.73 Å². The van der Waals surface area contributed by atoms with Crippen molar-refractivity contribution >= 4 is 15.6 Å². The maximum absolute atomic E-state index is 10.7. The first-order valence-corrected chi connectivity index (χ1v) is 4.85. The molecule has 0 radical (unpaired) electrons. The van der Waals surface area contributed by atoms with Gasteiger partial charge in [-0.05, 0) is 6.92 Å². The number of ketones is 1. The Morgan fingerprint density at radius 2 is 2.00 bits per heavy atom. The minimum atomic E-state index is -3.20. The van der Waals surface area contributed by atoms with E-state index in [1.807, 2.05) is 0 Å². The summed E-state index contributed by atoms with van der Waals surface area (Å²) in [7, 11) is -3.20. The van der Waals surface area contributed by atoms with Crippen molar-refractivity contribution in [2.45, 2.75) is 13.0 Å². The van der Waals surface area contributed by atoms with Gasteiger partial charge in [-0.25, -0.2) is 8.42 Å². The van der Waals surface area contributed by atoms with E-state index in [2.05, 4.69) is 0 Å². The monoisotopic (exact) mass is 165 g/mol. The van der Waals surface area contributed by atoms with Crippen LogP contribution in [0.5, 0.6) is 0 Å². The second kappa shape index (κ2) is 3.12.